The lowest BCUT2D eigenvalue weighted by atomic mass is 9.70. The largest absolute Gasteiger partial charge is 0.384 e. The number of aromatic amines is 1. The number of ketones is 1. The van der Waals surface area contributed by atoms with Crippen molar-refractivity contribution < 1.29 is 28.8 Å². The predicted molar refractivity (Wildman–Crippen MR) is 226 cm³/mol. The highest BCUT2D eigenvalue weighted by Gasteiger charge is 2.46. The van der Waals surface area contributed by atoms with Crippen LogP contribution in [0.2, 0.25) is 0 Å². The van der Waals surface area contributed by atoms with E-state index >= 15 is 0 Å². The summed E-state index contributed by atoms with van der Waals surface area (Å²) in [5.41, 5.74) is 7.49. The predicted octanol–water partition coefficient (Wildman–Crippen LogP) is 4.78. The van der Waals surface area contributed by atoms with Crippen molar-refractivity contribution in [3.8, 4) is 6.07 Å². The number of imide groups is 2. The van der Waals surface area contributed by atoms with Crippen molar-refractivity contribution in [1.82, 2.24) is 25.4 Å². The Morgan fingerprint density at radius 1 is 0.900 bits per heavy atom. The molecule has 14 heteroatoms. The van der Waals surface area contributed by atoms with Gasteiger partial charge in [0.2, 0.25) is 17.7 Å². The summed E-state index contributed by atoms with van der Waals surface area (Å²) in [7, 11) is 0. The molecule has 0 saturated carbocycles. The van der Waals surface area contributed by atoms with Crippen LogP contribution in [0.3, 0.4) is 0 Å². The van der Waals surface area contributed by atoms with Crippen LogP contribution < -0.4 is 20.9 Å². The third kappa shape index (κ3) is 7.31. The Hall–Kier alpha value is -6.33. The number of benzene rings is 3. The van der Waals surface area contributed by atoms with Crippen molar-refractivity contribution in [2.45, 2.75) is 77.2 Å². The maximum atomic E-state index is 14.1. The van der Waals surface area contributed by atoms with E-state index < -0.39 is 35.1 Å². The van der Waals surface area contributed by atoms with Crippen molar-refractivity contribution in [1.29, 1.82) is 5.26 Å². The summed E-state index contributed by atoms with van der Waals surface area (Å²) in [6.07, 6.45) is 4.46. The number of carbonyl (C=O) groups is 6. The van der Waals surface area contributed by atoms with Crippen LogP contribution in [0.1, 0.15) is 118 Å². The Morgan fingerprint density at radius 2 is 1.67 bits per heavy atom. The molecule has 4 aromatic rings. The molecule has 60 heavy (non-hydrogen) atoms. The van der Waals surface area contributed by atoms with Crippen LogP contribution >= 0.6 is 0 Å². The van der Waals surface area contributed by atoms with Crippen molar-refractivity contribution in [3.63, 3.8) is 0 Å². The van der Waals surface area contributed by atoms with E-state index in [9.17, 15) is 34.0 Å². The molecule has 0 radical (unpaired) electrons. The Morgan fingerprint density at radius 3 is 2.40 bits per heavy atom. The van der Waals surface area contributed by atoms with Crippen molar-refractivity contribution in [3.05, 3.63) is 93.2 Å². The molecule has 0 bridgehead atoms. The third-order valence-corrected chi connectivity index (χ3v) is 12.6. The molecule has 1 aromatic heterocycles. The van der Waals surface area contributed by atoms with Gasteiger partial charge in [0.25, 0.3) is 11.8 Å². The maximum absolute atomic E-state index is 14.1. The van der Waals surface area contributed by atoms with Gasteiger partial charge in [0, 0.05) is 84.6 Å². The number of hydrogen-bond acceptors (Lipinski definition) is 10. The van der Waals surface area contributed by atoms with Gasteiger partial charge in [0.05, 0.1) is 34.9 Å². The van der Waals surface area contributed by atoms with E-state index in [0.29, 0.717) is 36.4 Å². The molecule has 5 amide bonds. The number of rotatable bonds is 13. The van der Waals surface area contributed by atoms with E-state index in [4.69, 9.17) is 0 Å². The molecule has 4 heterocycles. The molecule has 1 atom stereocenters. The minimum atomic E-state index is -1.00. The highest BCUT2D eigenvalue weighted by Crippen LogP contribution is 2.46. The number of piperidine rings is 1. The van der Waals surface area contributed by atoms with Gasteiger partial charge in [-0.15, -0.1) is 0 Å². The van der Waals surface area contributed by atoms with Gasteiger partial charge in [-0.2, -0.15) is 5.26 Å². The van der Waals surface area contributed by atoms with Gasteiger partial charge in [-0.25, -0.2) is 0 Å². The number of carbonyl (C=O) groups excluding carboxylic acids is 6. The first kappa shape index (κ1) is 40.4. The second kappa shape index (κ2) is 16.4. The summed E-state index contributed by atoms with van der Waals surface area (Å²) in [5.74, 6) is -2.08. The lowest BCUT2D eigenvalue weighted by molar-refractivity contribution is -0.136. The first-order chi connectivity index (χ1) is 28.9. The maximum Gasteiger partial charge on any atom is 0.264 e. The topological polar surface area (TPSA) is 188 Å². The van der Waals surface area contributed by atoms with Crippen molar-refractivity contribution in [2.24, 2.45) is 0 Å². The van der Waals surface area contributed by atoms with Crippen LogP contribution in [0, 0.1) is 11.3 Å². The summed E-state index contributed by atoms with van der Waals surface area (Å²) < 4.78 is 0. The minimum Gasteiger partial charge on any atom is -0.384 e. The normalized spacial score (nSPS) is 18.6. The van der Waals surface area contributed by atoms with E-state index in [1.807, 2.05) is 12.1 Å². The number of piperazine rings is 1. The number of aromatic nitrogens is 1. The summed E-state index contributed by atoms with van der Waals surface area (Å²) in [6, 6.07) is 16.0. The van der Waals surface area contributed by atoms with E-state index in [-0.39, 0.29) is 35.7 Å². The SMILES string of the molecule is CCc1cc2c(cc1N1CCN(CC(=O)NCCCCCCNc3cccc4c3C(=O)N(C3CCC(=O)NC3=O)C4=O)CC1)C(C)(C)c1[nH]c3cc(C#N)ccc3c1C2=O. The van der Waals surface area contributed by atoms with Crippen molar-refractivity contribution >= 4 is 57.6 Å². The number of hydrogen-bond donors (Lipinski definition) is 4. The van der Waals surface area contributed by atoms with Crippen LogP contribution in [0.4, 0.5) is 11.4 Å². The number of fused-ring (bicyclic) bond motifs is 5. The van der Waals surface area contributed by atoms with Crippen molar-refractivity contribution in [2.75, 3.05) is 56.0 Å². The zero-order valence-corrected chi connectivity index (χ0v) is 34.3. The monoisotopic (exact) mass is 810 g/mol. The number of nitrogens with one attached hydrogen (secondary N) is 4. The van der Waals surface area contributed by atoms with Gasteiger partial charge in [0.15, 0.2) is 5.78 Å². The molecule has 2 fully saturated rings. The zero-order valence-electron chi connectivity index (χ0n) is 34.3. The smallest absolute Gasteiger partial charge is 0.264 e. The van der Waals surface area contributed by atoms with Gasteiger partial charge in [-0.3, -0.25) is 43.9 Å². The number of nitrogens with zero attached hydrogens (tertiary/aromatic N) is 4. The number of unbranched alkanes of at least 4 members (excludes halogenated alkanes) is 3. The average molecular weight is 811 g/mol. The lowest BCUT2D eigenvalue weighted by Gasteiger charge is -2.39. The first-order valence-electron chi connectivity index (χ1n) is 21.0. The summed E-state index contributed by atoms with van der Waals surface area (Å²) in [4.78, 5) is 86.4. The molecule has 3 aromatic carbocycles. The zero-order chi connectivity index (χ0) is 42.3. The molecule has 310 valence electrons. The van der Waals surface area contributed by atoms with Gasteiger partial charge in [-0.05, 0) is 73.2 Å². The molecule has 4 aliphatic rings. The summed E-state index contributed by atoms with van der Waals surface area (Å²) in [6.45, 7) is 11.0. The quantitative estimate of drug-likeness (QED) is 0.108. The van der Waals surface area contributed by atoms with E-state index in [1.165, 1.54) is 0 Å². The number of H-pyrrole nitrogens is 1. The minimum absolute atomic E-state index is 0.00735. The van der Waals surface area contributed by atoms with Gasteiger partial charge in [-0.1, -0.05) is 45.7 Å². The average Bonchev–Trinajstić information content (AvgIpc) is 3.76. The lowest BCUT2D eigenvalue weighted by Crippen LogP contribution is -2.54. The third-order valence-electron chi connectivity index (χ3n) is 12.6. The van der Waals surface area contributed by atoms with Crippen LogP contribution in [0.15, 0.2) is 48.5 Å². The fraction of sp³-hybridized carbons (Fsp3) is 0.413. The van der Waals surface area contributed by atoms with E-state index in [2.05, 4.69) is 69.7 Å². The first-order valence-corrected chi connectivity index (χ1v) is 21.0. The highest BCUT2D eigenvalue weighted by molar-refractivity contribution is 6.25. The number of amides is 5. The number of nitriles is 1. The second-order valence-electron chi connectivity index (χ2n) is 16.7. The van der Waals surface area contributed by atoms with Gasteiger partial charge >= 0.3 is 0 Å². The Kier molecular flexibility index (Phi) is 11.0. The standard InChI is InChI=1S/C46H50N8O6/c1-4-28-23-31-32(46(2,3)42-40(41(31)57)29-13-12-27(25-47)22-34(29)50-42)24-36(28)53-20-18-52(19-21-53)26-38(56)49-17-8-6-5-7-16-48-33-11-9-10-30-39(33)45(60)54(44(30)59)35-14-15-37(55)51-43(35)58/h9-13,22-24,35,48,50H,4-8,14-21,26H2,1-3H3,(H,49,56)(H,51,55,58). The molecule has 3 aliphatic heterocycles. The van der Waals surface area contributed by atoms with Crippen LogP contribution in [-0.2, 0) is 26.2 Å². The number of anilines is 2. The van der Waals surface area contributed by atoms with Crippen LogP contribution in [0.25, 0.3) is 10.9 Å². The Labute approximate surface area is 348 Å². The second-order valence-corrected chi connectivity index (χ2v) is 16.7. The molecule has 1 aliphatic carbocycles. The molecule has 0 spiro atoms. The van der Waals surface area contributed by atoms with Crippen LogP contribution in [0.5, 0.6) is 0 Å². The fourth-order valence-corrected chi connectivity index (χ4v) is 9.28. The molecule has 14 nitrogen and oxygen atoms in total. The molecule has 2 saturated heterocycles. The molecule has 1 unspecified atom stereocenters. The van der Waals surface area contributed by atoms with Gasteiger partial charge in [0.1, 0.15) is 6.04 Å². The Bertz CT molecular complexity index is 2490. The Balaban J connectivity index is 0.777. The number of aryl methyl sites for hydroxylation is 1. The molecule has 8 rings (SSSR count). The fourth-order valence-electron chi connectivity index (χ4n) is 9.28. The van der Waals surface area contributed by atoms with E-state index in [1.54, 1.807) is 24.3 Å². The highest BCUT2D eigenvalue weighted by atomic mass is 16.2. The molecule has 4 N–H and O–H groups in total. The molecular weight excluding hydrogens is 761 g/mol. The molecular formula is C46H50N8O6. The summed E-state index contributed by atoms with van der Waals surface area (Å²) >= 11 is 0. The van der Waals surface area contributed by atoms with Gasteiger partial charge < -0.3 is 20.5 Å². The van der Waals surface area contributed by atoms with E-state index in [0.717, 1.165) is 102 Å². The van der Waals surface area contributed by atoms with Crippen LogP contribution in [-0.4, -0.2) is 102 Å². The summed E-state index contributed by atoms with van der Waals surface area (Å²) in [5, 5.41) is 18.9.